The highest BCUT2D eigenvalue weighted by Gasteiger charge is 2.20. The number of hydrogen-bond donors (Lipinski definition) is 0. The van der Waals surface area contributed by atoms with Crippen LogP contribution in [0.25, 0.3) is 0 Å². The standard InChI is InChI=1S/C10H24OSi/c1-5-11-9-8-10-12(4,6-2)7-3/h5-10H2,1-4H3. The van der Waals surface area contributed by atoms with Crippen LogP contribution < -0.4 is 0 Å². The van der Waals surface area contributed by atoms with Crippen molar-refractivity contribution in [3.8, 4) is 0 Å². The molecule has 0 aromatic heterocycles. The van der Waals surface area contributed by atoms with Gasteiger partial charge in [-0.25, -0.2) is 0 Å². The van der Waals surface area contributed by atoms with Crippen molar-refractivity contribution in [1.29, 1.82) is 0 Å². The first-order chi connectivity index (χ1) is 5.68. The largest absolute Gasteiger partial charge is 0.382 e. The monoisotopic (exact) mass is 188 g/mol. The average molecular weight is 188 g/mol. The van der Waals surface area contributed by atoms with Gasteiger partial charge >= 0.3 is 0 Å². The molecule has 12 heavy (non-hydrogen) atoms. The Hall–Kier alpha value is 0.177. The van der Waals surface area contributed by atoms with Crippen LogP contribution in [0.5, 0.6) is 0 Å². The zero-order valence-corrected chi connectivity index (χ0v) is 10.2. The molecule has 0 aliphatic carbocycles. The van der Waals surface area contributed by atoms with Gasteiger partial charge in [0.15, 0.2) is 0 Å². The third kappa shape index (κ3) is 4.94. The molecule has 0 heterocycles. The molecule has 0 aliphatic rings. The highest BCUT2D eigenvalue weighted by molar-refractivity contribution is 6.78. The molecular weight excluding hydrogens is 164 g/mol. The van der Waals surface area contributed by atoms with Crippen LogP contribution in [0.3, 0.4) is 0 Å². The Morgan fingerprint density at radius 2 is 1.67 bits per heavy atom. The van der Waals surface area contributed by atoms with Gasteiger partial charge in [0.05, 0.1) is 0 Å². The van der Waals surface area contributed by atoms with Crippen LogP contribution in [0.2, 0.25) is 24.7 Å². The van der Waals surface area contributed by atoms with E-state index in [-0.39, 0.29) is 0 Å². The van der Waals surface area contributed by atoms with E-state index in [0.717, 1.165) is 13.2 Å². The van der Waals surface area contributed by atoms with Crippen LogP contribution in [-0.2, 0) is 4.74 Å². The maximum atomic E-state index is 5.34. The summed E-state index contributed by atoms with van der Waals surface area (Å²) >= 11 is 0. The van der Waals surface area contributed by atoms with Crippen molar-refractivity contribution in [2.75, 3.05) is 13.2 Å². The van der Waals surface area contributed by atoms with Gasteiger partial charge in [-0.1, -0.05) is 38.5 Å². The van der Waals surface area contributed by atoms with Crippen LogP contribution in [0.15, 0.2) is 0 Å². The van der Waals surface area contributed by atoms with E-state index in [4.69, 9.17) is 4.74 Å². The van der Waals surface area contributed by atoms with Gasteiger partial charge in [-0.05, 0) is 13.3 Å². The molecule has 0 bridgehead atoms. The Kier molecular flexibility index (Phi) is 6.77. The Morgan fingerprint density at radius 3 is 2.08 bits per heavy atom. The third-order valence-corrected chi connectivity index (χ3v) is 7.96. The lowest BCUT2D eigenvalue weighted by molar-refractivity contribution is 0.148. The minimum absolute atomic E-state index is 0.827. The van der Waals surface area contributed by atoms with Gasteiger partial charge in [0.2, 0.25) is 0 Å². The zero-order chi connectivity index (χ0) is 9.45. The SMILES string of the molecule is CCOCCC[Si](C)(CC)CC. The summed E-state index contributed by atoms with van der Waals surface area (Å²) in [4.78, 5) is 0. The molecule has 0 fully saturated rings. The summed E-state index contributed by atoms with van der Waals surface area (Å²) in [6.07, 6.45) is 1.28. The van der Waals surface area contributed by atoms with Crippen molar-refractivity contribution in [1.82, 2.24) is 0 Å². The molecule has 0 aliphatic heterocycles. The van der Waals surface area contributed by atoms with E-state index in [1.54, 1.807) is 0 Å². The van der Waals surface area contributed by atoms with Crippen molar-refractivity contribution >= 4 is 8.07 Å². The molecule has 0 radical (unpaired) electrons. The van der Waals surface area contributed by atoms with E-state index in [1.165, 1.54) is 24.6 Å². The minimum atomic E-state index is -0.827. The molecule has 0 N–H and O–H groups in total. The molecule has 0 spiro atoms. The zero-order valence-electron chi connectivity index (χ0n) is 9.15. The number of ether oxygens (including phenoxy) is 1. The fourth-order valence-electron chi connectivity index (χ4n) is 1.35. The summed E-state index contributed by atoms with van der Waals surface area (Å²) in [5, 5.41) is 0. The molecule has 0 aromatic rings. The molecule has 0 unspecified atom stereocenters. The molecule has 0 atom stereocenters. The van der Waals surface area contributed by atoms with Crippen LogP contribution in [0, 0.1) is 0 Å². The second-order valence-corrected chi connectivity index (χ2v) is 9.35. The van der Waals surface area contributed by atoms with Crippen molar-refractivity contribution in [3.05, 3.63) is 0 Å². The molecule has 0 amide bonds. The first-order valence-electron chi connectivity index (χ1n) is 5.26. The van der Waals surface area contributed by atoms with Crippen molar-refractivity contribution in [3.63, 3.8) is 0 Å². The van der Waals surface area contributed by atoms with Crippen LogP contribution in [0.4, 0.5) is 0 Å². The molecule has 0 saturated heterocycles. The molecule has 1 nitrogen and oxygen atoms in total. The Bertz CT molecular complexity index is 100. The maximum Gasteiger partial charge on any atom is 0.0500 e. The molecule has 0 rings (SSSR count). The summed E-state index contributed by atoms with van der Waals surface area (Å²) < 4.78 is 5.34. The van der Waals surface area contributed by atoms with E-state index in [0.29, 0.717) is 0 Å². The smallest absolute Gasteiger partial charge is 0.0500 e. The number of rotatable bonds is 7. The predicted octanol–water partition coefficient (Wildman–Crippen LogP) is 3.53. The fraction of sp³-hybridized carbons (Fsp3) is 1.00. The number of hydrogen-bond acceptors (Lipinski definition) is 1. The first-order valence-corrected chi connectivity index (χ1v) is 8.38. The second kappa shape index (κ2) is 6.67. The van der Waals surface area contributed by atoms with E-state index in [9.17, 15) is 0 Å². The predicted molar refractivity (Wildman–Crippen MR) is 58.5 cm³/mol. The first kappa shape index (κ1) is 12.2. The van der Waals surface area contributed by atoms with Gasteiger partial charge in [0, 0.05) is 21.3 Å². The van der Waals surface area contributed by atoms with Gasteiger partial charge in [-0.2, -0.15) is 0 Å². The highest BCUT2D eigenvalue weighted by atomic mass is 28.3. The van der Waals surface area contributed by atoms with Crippen molar-refractivity contribution < 1.29 is 4.74 Å². The van der Waals surface area contributed by atoms with Crippen molar-refractivity contribution in [2.45, 2.75) is 51.9 Å². The van der Waals surface area contributed by atoms with Gasteiger partial charge in [-0.15, -0.1) is 0 Å². The highest BCUT2D eigenvalue weighted by Crippen LogP contribution is 2.21. The van der Waals surface area contributed by atoms with E-state index < -0.39 is 8.07 Å². The van der Waals surface area contributed by atoms with Gasteiger partial charge < -0.3 is 4.74 Å². The van der Waals surface area contributed by atoms with Gasteiger partial charge in [0.25, 0.3) is 0 Å². The molecular formula is C10H24OSi. The summed E-state index contributed by atoms with van der Waals surface area (Å²) in [6, 6.07) is 4.30. The van der Waals surface area contributed by atoms with Crippen molar-refractivity contribution in [2.24, 2.45) is 0 Å². The molecule has 74 valence electrons. The summed E-state index contributed by atoms with van der Waals surface area (Å²) in [7, 11) is -0.827. The summed E-state index contributed by atoms with van der Waals surface area (Å²) in [6.45, 7) is 11.1. The normalized spacial score (nSPS) is 12.0. The minimum Gasteiger partial charge on any atom is -0.382 e. The molecule has 2 heteroatoms. The molecule has 0 saturated carbocycles. The fourth-order valence-corrected chi connectivity index (χ4v) is 3.55. The Morgan fingerprint density at radius 1 is 1.08 bits per heavy atom. The van der Waals surface area contributed by atoms with E-state index in [1.807, 2.05) is 0 Å². The second-order valence-electron chi connectivity index (χ2n) is 3.82. The third-order valence-electron chi connectivity index (χ3n) is 2.98. The van der Waals surface area contributed by atoms with Crippen LogP contribution >= 0.6 is 0 Å². The maximum absolute atomic E-state index is 5.34. The lowest BCUT2D eigenvalue weighted by Crippen LogP contribution is -2.27. The lowest BCUT2D eigenvalue weighted by atomic mass is 10.5. The van der Waals surface area contributed by atoms with Gasteiger partial charge in [-0.3, -0.25) is 0 Å². The Balaban J connectivity index is 3.45. The van der Waals surface area contributed by atoms with Crippen LogP contribution in [-0.4, -0.2) is 21.3 Å². The quantitative estimate of drug-likeness (QED) is 0.439. The summed E-state index contributed by atoms with van der Waals surface area (Å²) in [5.41, 5.74) is 0. The molecule has 0 aromatic carbocycles. The lowest BCUT2D eigenvalue weighted by Gasteiger charge is -2.23. The van der Waals surface area contributed by atoms with Crippen LogP contribution in [0.1, 0.15) is 27.2 Å². The van der Waals surface area contributed by atoms with E-state index in [2.05, 4.69) is 27.3 Å². The average Bonchev–Trinajstić information content (AvgIpc) is 2.12. The van der Waals surface area contributed by atoms with Gasteiger partial charge in [0.1, 0.15) is 0 Å². The Labute approximate surface area is 78.5 Å². The summed E-state index contributed by atoms with van der Waals surface area (Å²) in [5.74, 6) is 0. The van der Waals surface area contributed by atoms with E-state index >= 15 is 0 Å². The topological polar surface area (TPSA) is 9.23 Å².